The van der Waals surface area contributed by atoms with Gasteiger partial charge in [-0.3, -0.25) is 0 Å². The molecule has 2 radical (unpaired) electrons. The van der Waals surface area contributed by atoms with E-state index in [9.17, 15) is 0 Å². The zero-order valence-electron chi connectivity index (χ0n) is 1.03. The van der Waals surface area contributed by atoms with Crippen LogP contribution < -0.4 is 0 Å². The van der Waals surface area contributed by atoms with E-state index in [0.717, 1.165) is 0 Å². The predicted molar refractivity (Wildman–Crippen MR) is 24.2 cm³/mol. The summed E-state index contributed by atoms with van der Waals surface area (Å²) in [5.41, 5.74) is 0. The van der Waals surface area contributed by atoms with E-state index in [1.165, 1.54) is 0 Å². The van der Waals surface area contributed by atoms with Crippen molar-refractivity contribution in [3.63, 3.8) is 0 Å². The van der Waals surface area contributed by atoms with Crippen LogP contribution in [-0.2, 0) is 50.3 Å². The normalized spacial score (nSPS) is 0. The van der Waals surface area contributed by atoms with Gasteiger partial charge in [-0.1, -0.05) is 0 Å². The van der Waals surface area contributed by atoms with Gasteiger partial charge in [0.2, 0.25) is 0 Å². The monoisotopic (exact) mass is 346 g/mol. The Hall–Kier alpha value is 4.45. The van der Waals surface area contributed by atoms with Crippen LogP contribution in [-0.4, -0.2) is 90.8 Å². The molecule has 36 valence electrons. The fourth-order valence-corrected chi connectivity index (χ4v) is 0. The van der Waals surface area contributed by atoms with Crippen molar-refractivity contribution in [2.24, 2.45) is 0 Å². The van der Waals surface area contributed by atoms with E-state index in [1.807, 2.05) is 0 Å². The quantitative estimate of drug-likeness (QED) is 0.426. The third-order valence-corrected chi connectivity index (χ3v) is 0. The van der Waals surface area contributed by atoms with Crippen molar-refractivity contribution in [1.82, 2.24) is 0 Å². The average Bonchev–Trinajstić information content (AvgIpc) is 0. The molecule has 0 spiro atoms. The second-order valence-corrected chi connectivity index (χ2v) is 0. The molecular weight excluding hydrogens is 341 g/mol. The smallest absolute Gasteiger partial charge is 0 e. The summed E-state index contributed by atoms with van der Waals surface area (Å²) in [6, 6.07) is 0. The molecule has 0 aliphatic carbocycles. The van der Waals surface area contributed by atoms with Gasteiger partial charge in [0.05, 0.1) is 0 Å². The Morgan fingerprint density at radius 3 is 1.00 bits per heavy atom. The van der Waals surface area contributed by atoms with Gasteiger partial charge in [-0.05, 0) is 0 Å². The first-order chi connectivity index (χ1) is 0. The van der Waals surface area contributed by atoms with Crippen molar-refractivity contribution >= 4 is 90.8 Å². The molecular formula is H5BaCoLiMgMnNi. The van der Waals surface area contributed by atoms with Crippen molar-refractivity contribution in [1.29, 1.82) is 0 Å². The Morgan fingerprint density at radius 2 is 1.00 bits per heavy atom. The summed E-state index contributed by atoms with van der Waals surface area (Å²) in [4.78, 5) is 0. The standard InChI is InChI=1S/Ba.Co.Li.Mg.Mn.Ni.5H. The van der Waals surface area contributed by atoms with Crippen LogP contribution >= 0.6 is 0 Å². The molecule has 0 aromatic heterocycles. The molecule has 0 aromatic carbocycles. The molecule has 0 aliphatic heterocycles. The molecule has 0 amide bonds. The van der Waals surface area contributed by atoms with E-state index in [0.29, 0.717) is 0 Å². The van der Waals surface area contributed by atoms with Crippen molar-refractivity contribution < 1.29 is 50.3 Å². The summed E-state index contributed by atoms with van der Waals surface area (Å²) in [7, 11) is 0. The minimum atomic E-state index is 0. The van der Waals surface area contributed by atoms with Gasteiger partial charge in [0, 0.05) is 50.3 Å². The van der Waals surface area contributed by atoms with Gasteiger partial charge < -0.3 is 0 Å². The third-order valence-electron chi connectivity index (χ3n) is 0. The first kappa shape index (κ1) is 47.1. The van der Waals surface area contributed by atoms with E-state index >= 15 is 0 Å². The Kier molecular flexibility index (Phi) is 267. The maximum atomic E-state index is 0. The minimum Gasteiger partial charge on any atom is 0 e. The zero-order valence-corrected chi connectivity index (χ0v) is 4.24. The topological polar surface area (TPSA) is 0 Å². The van der Waals surface area contributed by atoms with Crippen LogP contribution in [0.25, 0.3) is 0 Å². The molecule has 0 atom stereocenters. The van der Waals surface area contributed by atoms with Gasteiger partial charge in [-0.25, -0.2) is 0 Å². The van der Waals surface area contributed by atoms with E-state index in [1.54, 1.807) is 0 Å². The Labute approximate surface area is 137 Å². The number of hydrogen-bond donors (Lipinski definition) is 0. The van der Waals surface area contributed by atoms with Gasteiger partial charge in [0.25, 0.3) is 0 Å². The van der Waals surface area contributed by atoms with Crippen LogP contribution in [0.2, 0.25) is 0 Å². The van der Waals surface area contributed by atoms with Gasteiger partial charge in [-0.2, -0.15) is 0 Å². The Morgan fingerprint density at radius 1 is 1.00 bits per heavy atom. The number of hydrogen-bond acceptors (Lipinski definition) is 0. The van der Waals surface area contributed by atoms with Gasteiger partial charge in [-0.15, -0.1) is 0 Å². The molecule has 0 aromatic rings. The molecule has 0 bridgehead atoms. The summed E-state index contributed by atoms with van der Waals surface area (Å²) < 4.78 is 0. The minimum absolute atomic E-state index is 0. The van der Waals surface area contributed by atoms with Gasteiger partial charge in [0.1, 0.15) is 0 Å². The van der Waals surface area contributed by atoms with E-state index < -0.39 is 0 Å². The summed E-state index contributed by atoms with van der Waals surface area (Å²) >= 11 is 0. The SMILES string of the molecule is [BaH2].[Co].[LiH].[MgH2].[Mn].[Ni]. The van der Waals surface area contributed by atoms with Crippen molar-refractivity contribution in [3.8, 4) is 0 Å². The maximum Gasteiger partial charge on any atom is 0.316 e. The molecule has 0 saturated carbocycles. The summed E-state index contributed by atoms with van der Waals surface area (Å²) in [5, 5.41) is 0. The van der Waals surface area contributed by atoms with Crippen molar-refractivity contribution in [2.75, 3.05) is 0 Å². The van der Waals surface area contributed by atoms with E-state index in [-0.39, 0.29) is 141 Å². The first-order valence-corrected chi connectivity index (χ1v) is 0. The van der Waals surface area contributed by atoms with Gasteiger partial charge in [0.15, 0.2) is 0 Å². The molecule has 0 heterocycles. The summed E-state index contributed by atoms with van der Waals surface area (Å²) in [6.45, 7) is 0. The van der Waals surface area contributed by atoms with Crippen LogP contribution in [0.15, 0.2) is 0 Å². The van der Waals surface area contributed by atoms with E-state index in [2.05, 4.69) is 0 Å². The fraction of sp³-hybridized carbons (Fsp3) is 0. The second-order valence-electron chi connectivity index (χ2n) is 0. The molecule has 0 fully saturated rings. The van der Waals surface area contributed by atoms with Crippen LogP contribution in [0, 0.1) is 0 Å². The largest absolute Gasteiger partial charge is 0.316 e. The van der Waals surface area contributed by atoms with E-state index in [4.69, 9.17) is 0 Å². The molecule has 0 rings (SSSR count). The molecule has 0 N–H and O–H groups in total. The summed E-state index contributed by atoms with van der Waals surface area (Å²) in [6.07, 6.45) is 0. The zero-order chi connectivity index (χ0) is 0. The van der Waals surface area contributed by atoms with Crippen LogP contribution in [0.5, 0.6) is 0 Å². The molecule has 0 unspecified atom stereocenters. The van der Waals surface area contributed by atoms with Crippen LogP contribution in [0.1, 0.15) is 0 Å². The molecule has 0 saturated heterocycles. The Bertz CT molecular complexity index is 15.5. The summed E-state index contributed by atoms with van der Waals surface area (Å²) in [5.74, 6) is 0. The van der Waals surface area contributed by atoms with Crippen LogP contribution in [0.3, 0.4) is 0 Å². The number of rotatable bonds is 0. The first-order valence-electron chi connectivity index (χ1n) is 0. The van der Waals surface area contributed by atoms with Crippen LogP contribution in [0.4, 0.5) is 0 Å². The third kappa shape index (κ3) is 23.7. The fourth-order valence-electron chi connectivity index (χ4n) is 0. The molecule has 6 heavy (non-hydrogen) atoms. The Balaban J connectivity index is 0. The molecule has 6 heteroatoms. The van der Waals surface area contributed by atoms with Crippen molar-refractivity contribution in [3.05, 3.63) is 0 Å². The maximum absolute atomic E-state index is 0. The predicted octanol–water partition coefficient (Wildman–Crippen LogP) is -2.49. The second kappa shape index (κ2) is 34.1. The van der Waals surface area contributed by atoms with Gasteiger partial charge >= 0.3 is 90.8 Å². The molecule has 0 nitrogen and oxygen atoms in total. The average molecular weight is 346 g/mol. The van der Waals surface area contributed by atoms with Crippen molar-refractivity contribution in [2.45, 2.75) is 0 Å². The molecule has 0 aliphatic rings.